The average molecular weight is 384 g/mol. The lowest BCUT2D eigenvalue weighted by Gasteiger charge is -2.18. The van der Waals surface area contributed by atoms with Gasteiger partial charge in [0.1, 0.15) is 5.01 Å². The minimum Gasteiger partial charge on any atom is -0.301 e. The van der Waals surface area contributed by atoms with Crippen molar-refractivity contribution in [3.63, 3.8) is 0 Å². The Kier molecular flexibility index (Phi) is 3.82. The first kappa shape index (κ1) is 14.2. The highest BCUT2D eigenvalue weighted by Crippen LogP contribution is 2.38. The van der Waals surface area contributed by atoms with Crippen LogP contribution in [-0.2, 0) is 12.8 Å². The topological polar surface area (TPSA) is 24.9 Å². The second kappa shape index (κ2) is 5.65. The molecule has 1 aromatic heterocycles. The Labute approximate surface area is 142 Å². The van der Waals surface area contributed by atoms with Gasteiger partial charge in [0.15, 0.2) is 0 Å². The summed E-state index contributed by atoms with van der Waals surface area (Å²) >= 11 is 11.8. The highest BCUT2D eigenvalue weighted by atomic mass is 79.9. The van der Waals surface area contributed by atoms with Crippen molar-refractivity contribution in [1.82, 2.24) is 10.3 Å². The average Bonchev–Trinajstić information content (AvgIpc) is 3.00. The van der Waals surface area contributed by atoms with Crippen molar-refractivity contribution >= 4 is 38.9 Å². The maximum absolute atomic E-state index is 6.48. The summed E-state index contributed by atoms with van der Waals surface area (Å²) < 4.78 is 1.02. The molecule has 2 aromatic rings. The molecule has 1 saturated carbocycles. The summed E-state index contributed by atoms with van der Waals surface area (Å²) in [6, 6.07) is 6.89. The minimum absolute atomic E-state index is 0.133. The van der Waals surface area contributed by atoms with E-state index in [1.54, 1.807) is 0 Å². The standard InChI is InChI=1S/C16H16BrClN2S/c17-9-4-7-11(12(18)8-9)15(19-10-5-6-10)16-20-13-2-1-3-14(13)21-16/h4,7-8,10,15,19H,1-3,5-6H2. The van der Waals surface area contributed by atoms with Gasteiger partial charge in [0.2, 0.25) is 0 Å². The normalized spacial score (nSPS) is 18.8. The molecule has 2 aliphatic carbocycles. The zero-order chi connectivity index (χ0) is 14.4. The summed E-state index contributed by atoms with van der Waals surface area (Å²) in [6.07, 6.45) is 6.10. The second-order valence-corrected chi connectivity index (χ2v) is 8.25. The number of aromatic nitrogens is 1. The Morgan fingerprint density at radius 3 is 2.90 bits per heavy atom. The molecule has 2 aliphatic rings. The van der Waals surface area contributed by atoms with Crippen LogP contribution in [0, 0.1) is 0 Å². The number of hydrogen-bond acceptors (Lipinski definition) is 3. The quantitative estimate of drug-likeness (QED) is 0.813. The molecule has 1 N–H and O–H groups in total. The summed E-state index contributed by atoms with van der Waals surface area (Å²) in [7, 11) is 0. The fourth-order valence-electron chi connectivity index (χ4n) is 2.85. The van der Waals surface area contributed by atoms with Gasteiger partial charge in [-0.25, -0.2) is 4.98 Å². The van der Waals surface area contributed by atoms with Crippen molar-refractivity contribution in [3.8, 4) is 0 Å². The third kappa shape index (κ3) is 2.91. The van der Waals surface area contributed by atoms with E-state index in [1.807, 2.05) is 17.4 Å². The number of aryl methyl sites for hydroxylation is 2. The largest absolute Gasteiger partial charge is 0.301 e. The molecular formula is C16H16BrClN2S. The predicted molar refractivity (Wildman–Crippen MR) is 91.3 cm³/mol. The van der Waals surface area contributed by atoms with Crippen LogP contribution in [0.4, 0.5) is 0 Å². The van der Waals surface area contributed by atoms with E-state index in [-0.39, 0.29) is 6.04 Å². The summed E-state index contributed by atoms with van der Waals surface area (Å²) in [5, 5.41) is 5.70. The van der Waals surface area contributed by atoms with Crippen molar-refractivity contribution in [1.29, 1.82) is 0 Å². The van der Waals surface area contributed by atoms with Gasteiger partial charge in [0.25, 0.3) is 0 Å². The maximum atomic E-state index is 6.48. The zero-order valence-electron chi connectivity index (χ0n) is 11.5. The lowest BCUT2D eigenvalue weighted by molar-refractivity contribution is 0.596. The highest BCUT2D eigenvalue weighted by molar-refractivity contribution is 9.10. The maximum Gasteiger partial charge on any atom is 0.115 e. The van der Waals surface area contributed by atoms with Crippen molar-refractivity contribution in [3.05, 3.63) is 48.8 Å². The van der Waals surface area contributed by atoms with Gasteiger partial charge in [0, 0.05) is 20.4 Å². The van der Waals surface area contributed by atoms with Crippen LogP contribution in [-0.4, -0.2) is 11.0 Å². The Balaban J connectivity index is 1.72. The molecule has 21 heavy (non-hydrogen) atoms. The van der Waals surface area contributed by atoms with Gasteiger partial charge in [-0.15, -0.1) is 11.3 Å². The van der Waals surface area contributed by atoms with Crippen LogP contribution >= 0.6 is 38.9 Å². The van der Waals surface area contributed by atoms with Crippen LogP contribution in [0.25, 0.3) is 0 Å². The van der Waals surface area contributed by atoms with Gasteiger partial charge >= 0.3 is 0 Å². The van der Waals surface area contributed by atoms with Crippen LogP contribution in [0.1, 0.15) is 46.4 Å². The summed E-state index contributed by atoms with van der Waals surface area (Å²) in [5.41, 5.74) is 2.45. The molecule has 1 fully saturated rings. The van der Waals surface area contributed by atoms with Crippen molar-refractivity contribution < 1.29 is 0 Å². The monoisotopic (exact) mass is 382 g/mol. The van der Waals surface area contributed by atoms with Gasteiger partial charge in [-0.3, -0.25) is 0 Å². The Bertz CT molecular complexity index is 659. The fourth-order valence-corrected chi connectivity index (χ4v) is 4.86. The van der Waals surface area contributed by atoms with Gasteiger partial charge in [-0.05, 0) is 49.8 Å². The SMILES string of the molecule is Clc1cc(Br)ccc1C(NC1CC1)c1nc2c(s1)CCC2. The van der Waals surface area contributed by atoms with Crippen LogP contribution < -0.4 is 5.32 Å². The number of hydrogen-bond donors (Lipinski definition) is 1. The Hall–Kier alpha value is -0.420. The molecule has 0 bridgehead atoms. The molecule has 0 spiro atoms. The summed E-state index contributed by atoms with van der Waals surface area (Å²) in [5.74, 6) is 0. The minimum atomic E-state index is 0.133. The van der Waals surface area contributed by atoms with Crippen LogP contribution in [0.2, 0.25) is 5.02 Å². The summed E-state index contributed by atoms with van der Waals surface area (Å²) in [4.78, 5) is 6.37. The van der Waals surface area contributed by atoms with Gasteiger partial charge in [-0.2, -0.15) is 0 Å². The lowest BCUT2D eigenvalue weighted by Crippen LogP contribution is -2.24. The van der Waals surface area contributed by atoms with E-state index in [0.717, 1.165) is 21.5 Å². The van der Waals surface area contributed by atoms with Crippen molar-refractivity contribution in [2.75, 3.05) is 0 Å². The lowest BCUT2D eigenvalue weighted by atomic mass is 10.1. The van der Waals surface area contributed by atoms with E-state index in [2.05, 4.69) is 33.4 Å². The molecule has 1 atom stereocenters. The molecule has 0 amide bonds. The second-order valence-electron chi connectivity index (χ2n) is 5.82. The molecule has 110 valence electrons. The molecule has 0 saturated heterocycles. The third-order valence-electron chi connectivity index (χ3n) is 4.11. The zero-order valence-corrected chi connectivity index (χ0v) is 14.7. The van der Waals surface area contributed by atoms with Crippen molar-refractivity contribution in [2.24, 2.45) is 0 Å². The van der Waals surface area contributed by atoms with E-state index in [1.165, 1.54) is 41.3 Å². The predicted octanol–water partition coefficient (Wildman–Crippen LogP) is 4.89. The third-order valence-corrected chi connectivity index (χ3v) is 6.16. The molecule has 4 rings (SSSR count). The van der Waals surface area contributed by atoms with Gasteiger partial charge in [-0.1, -0.05) is 33.6 Å². The molecular weight excluding hydrogens is 368 g/mol. The number of halogens is 2. The molecule has 0 radical (unpaired) electrons. The number of benzene rings is 1. The van der Waals surface area contributed by atoms with Crippen molar-refractivity contribution in [2.45, 2.75) is 44.2 Å². The van der Waals surface area contributed by atoms with Crippen LogP contribution in [0.15, 0.2) is 22.7 Å². The van der Waals surface area contributed by atoms with Crippen LogP contribution in [0.5, 0.6) is 0 Å². The Morgan fingerprint density at radius 1 is 1.33 bits per heavy atom. The first-order valence-corrected chi connectivity index (χ1v) is 9.39. The molecule has 2 nitrogen and oxygen atoms in total. The number of rotatable bonds is 4. The highest BCUT2D eigenvalue weighted by Gasteiger charge is 2.30. The molecule has 1 heterocycles. The number of thiazole rings is 1. The molecule has 0 aliphatic heterocycles. The van der Waals surface area contributed by atoms with Crippen LogP contribution in [0.3, 0.4) is 0 Å². The van der Waals surface area contributed by atoms with E-state index in [4.69, 9.17) is 16.6 Å². The van der Waals surface area contributed by atoms with E-state index in [9.17, 15) is 0 Å². The number of nitrogens with zero attached hydrogens (tertiary/aromatic N) is 1. The molecule has 1 unspecified atom stereocenters. The Morgan fingerprint density at radius 2 is 2.19 bits per heavy atom. The van der Waals surface area contributed by atoms with E-state index >= 15 is 0 Å². The van der Waals surface area contributed by atoms with Gasteiger partial charge < -0.3 is 5.32 Å². The summed E-state index contributed by atoms with van der Waals surface area (Å²) in [6.45, 7) is 0. The first-order chi connectivity index (χ1) is 10.2. The molecule has 5 heteroatoms. The first-order valence-electron chi connectivity index (χ1n) is 7.40. The smallest absolute Gasteiger partial charge is 0.115 e. The van der Waals surface area contributed by atoms with E-state index < -0.39 is 0 Å². The van der Waals surface area contributed by atoms with E-state index in [0.29, 0.717) is 6.04 Å². The molecule has 1 aromatic carbocycles. The van der Waals surface area contributed by atoms with Gasteiger partial charge in [0.05, 0.1) is 11.7 Å². The number of nitrogens with one attached hydrogen (secondary N) is 1. The number of fused-ring (bicyclic) bond motifs is 1. The fraction of sp³-hybridized carbons (Fsp3) is 0.438.